The van der Waals surface area contributed by atoms with E-state index in [4.69, 9.17) is 4.42 Å². The third-order valence-electron chi connectivity index (χ3n) is 15.9. The highest BCUT2D eigenvalue weighted by Crippen LogP contribution is 2.65. The van der Waals surface area contributed by atoms with Crippen molar-refractivity contribution < 1.29 is 4.42 Å². The lowest BCUT2D eigenvalue weighted by Crippen LogP contribution is -2.27. The molecule has 0 bridgehead atoms. The van der Waals surface area contributed by atoms with E-state index in [0.29, 0.717) is 0 Å². The number of nitrogens with one attached hydrogen (secondary N) is 1. The van der Waals surface area contributed by atoms with E-state index in [2.05, 4.69) is 224 Å². The van der Waals surface area contributed by atoms with Gasteiger partial charge in [-0.1, -0.05) is 159 Å². The van der Waals surface area contributed by atoms with Crippen LogP contribution in [0.25, 0.3) is 82.7 Å². The van der Waals surface area contributed by atoms with Crippen molar-refractivity contribution in [2.24, 2.45) is 0 Å². The first-order chi connectivity index (χ1) is 33.0. The number of rotatable bonds is 4. The number of hydrogen-bond acceptors (Lipinski definition) is 2. The minimum Gasteiger partial charge on any atom is -0.454 e. The van der Waals surface area contributed by atoms with Crippen LogP contribution in [0.2, 0.25) is 0 Å². The van der Waals surface area contributed by atoms with Crippen LogP contribution in [-0.2, 0) is 10.8 Å². The molecule has 67 heavy (non-hydrogen) atoms. The third-order valence-corrected chi connectivity index (χ3v) is 15.9. The Morgan fingerprint density at radius 1 is 0.493 bits per heavy atom. The Kier molecular flexibility index (Phi) is 7.34. The van der Waals surface area contributed by atoms with Gasteiger partial charge in [0.1, 0.15) is 5.58 Å². The SMILES string of the molecule is CC1(C)c2ccccc2-c2cc3c(cc21)[nH]c1ccc(-c2ccc(N(c4cccc5c4C4=C(C=CCC4)C54c5ccccc5-c5ccccc54)c4cccc5c4oc4ccccc45)cc2)cc13. The fraction of sp³-hybridized carbons (Fsp3) is 0.0938. The molecule has 316 valence electrons. The van der Waals surface area contributed by atoms with Gasteiger partial charge in [0, 0.05) is 49.2 Å². The Labute approximate surface area is 389 Å². The Morgan fingerprint density at radius 2 is 1.13 bits per heavy atom. The number of allylic oxidation sites excluding steroid dienone is 4. The number of anilines is 3. The molecule has 9 aromatic carbocycles. The molecule has 0 aliphatic heterocycles. The topological polar surface area (TPSA) is 32.2 Å². The number of H-pyrrole nitrogens is 1. The van der Waals surface area contributed by atoms with E-state index >= 15 is 0 Å². The van der Waals surface area contributed by atoms with Gasteiger partial charge in [-0.15, -0.1) is 0 Å². The first kappa shape index (κ1) is 37.1. The van der Waals surface area contributed by atoms with Crippen molar-refractivity contribution in [3.63, 3.8) is 0 Å². The molecular weight excluding hydrogens is 813 g/mol. The first-order valence-corrected chi connectivity index (χ1v) is 23.7. The monoisotopic (exact) mass is 856 g/mol. The van der Waals surface area contributed by atoms with Gasteiger partial charge < -0.3 is 14.3 Å². The van der Waals surface area contributed by atoms with Crippen molar-refractivity contribution in [2.75, 3.05) is 4.90 Å². The van der Waals surface area contributed by atoms with Gasteiger partial charge in [0.05, 0.1) is 16.8 Å². The molecule has 15 rings (SSSR count). The van der Waals surface area contributed by atoms with Gasteiger partial charge in [-0.3, -0.25) is 0 Å². The normalized spacial score (nSPS) is 15.6. The van der Waals surface area contributed by atoms with Crippen LogP contribution in [0, 0.1) is 0 Å². The summed E-state index contributed by atoms with van der Waals surface area (Å²) < 4.78 is 6.87. The highest BCUT2D eigenvalue weighted by atomic mass is 16.3. The van der Waals surface area contributed by atoms with Crippen LogP contribution in [0.3, 0.4) is 0 Å². The summed E-state index contributed by atoms with van der Waals surface area (Å²) in [4.78, 5) is 6.26. The molecule has 0 radical (unpaired) electrons. The van der Waals surface area contributed by atoms with Crippen LogP contribution in [-0.4, -0.2) is 4.98 Å². The average Bonchev–Trinajstić information content (AvgIpc) is 4.15. The fourth-order valence-electron chi connectivity index (χ4n) is 13.0. The van der Waals surface area contributed by atoms with Crippen LogP contribution in [0.4, 0.5) is 17.1 Å². The van der Waals surface area contributed by atoms with Gasteiger partial charge in [-0.2, -0.15) is 0 Å². The zero-order chi connectivity index (χ0) is 44.2. The molecule has 0 saturated heterocycles. The first-order valence-electron chi connectivity index (χ1n) is 23.7. The number of fused-ring (bicyclic) bond motifs is 18. The summed E-state index contributed by atoms with van der Waals surface area (Å²) in [6, 6.07) is 70.1. The molecule has 4 aliphatic rings. The molecule has 2 heterocycles. The van der Waals surface area contributed by atoms with E-state index in [9.17, 15) is 0 Å². The predicted molar refractivity (Wildman–Crippen MR) is 278 cm³/mol. The number of para-hydroxylation sites is 2. The molecule has 0 saturated carbocycles. The molecule has 11 aromatic rings. The van der Waals surface area contributed by atoms with E-state index in [1.807, 2.05) is 0 Å². The minimum absolute atomic E-state index is 0.0462. The second-order valence-corrected chi connectivity index (χ2v) is 19.5. The smallest absolute Gasteiger partial charge is 0.159 e. The molecule has 1 spiro atoms. The van der Waals surface area contributed by atoms with E-state index in [0.717, 1.165) is 57.4 Å². The number of aromatic nitrogens is 1. The van der Waals surface area contributed by atoms with E-state index < -0.39 is 5.41 Å². The predicted octanol–water partition coefficient (Wildman–Crippen LogP) is 17.1. The Morgan fingerprint density at radius 3 is 1.94 bits per heavy atom. The maximum absolute atomic E-state index is 6.87. The summed E-state index contributed by atoms with van der Waals surface area (Å²) in [5.41, 5.74) is 25.7. The van der Waals surface area contributed by atoms with E-state index in [1.54, 1.807) is 0 Å². The lowest BCUT2D eigenvalue weighted by atomic mass is 9.69. The molecule has 0 amide bonds. The Bertz CT molecular complexity index is 3970. The molecule has 4 aliphatic carbocycles. The summed E-state index contributed by atoms with van der Waals surface area (Å²) in [5, 5.41) is 4.75. The molecule has 2 aromatic heterocycles. The van der Waals surface area contributed by atoms with Gasteiger partial charge >= 0.3 is 0 Å². The summed E-state index contributed by atoms with van der Waals surface area (Å²) in [5.74, 6) is 0. The van der Waals surface area contributed by atoms with Crippen molar-refractivity contribution >= 4 is 66.4 Å². The van der Waals surface area contributed by atoms with Crippen molar-refractivity contribution in [1.82, 2.24) is 4.98 Å². The summed E-state index contributed by atoms with van der Waals surface area (Å²) >= 11 is 0. The quantitative estimate of drug-likeness (QED) is 0.191. The summed E-state index contributed by atoms with van der Waals surface area (Å²) in [6.07, 6.45) is 6.82. The van der Waals surface area contributed by atoms with Crippen LogP contribution in [0.5, 0.6) is 0 Å². The number of benzene rings is 9. The minimum atomic E-state index is -0.410. The molecule has 3 nitrogen and oxygen atoms in total. The lowest BCUT2D eigenvalue weighted by molar-refractivity contribution is 0.661. The van der Waals surface area contributed by atoms with E-state index in [-0.39, 0.29) is 5.41 Å². The highest BCUT2D eigenvalue weighted by molar-refractivity contribution is 6.13. The highest BCUT2D eigenvalue weighted by Gasteiger charge is 2.53. The second-order valence-electron chi connectivity index (χ2n) is 19.5. The number of nitrogens with zero attached hydrogens (tertiary/aromatic N) is 1. The zero-order valence-electron chi connectivity index (χ0n) is 37.3. The van der Waals surface area contributed by atoms with Crippen molar-refractivity contribution in [3.05, 3.63) is 239 Å². The van der Waals surface area contributed by atoms with Crippen molar-refractivity contribution in [1.29, 1.82) is 0 Å². The van der Waals surface area contributed by atoms with Gasteiger partial charge in [0.15, 0.2) is 5.58 Å². The number of aromatic amines is 1. The number of furan rings is 1. The van der Waals surface area contributed by atoms with Crippen molar-refractivity contribution in [2.45, 2.75) is 37.5 Å². The molecule has 0 atom stereocenters. The van der Waals surface area contributed by atoms with Crippen molar-refractivity contribution in [3.8, 4) is 33.4 Å². The van der Waals surface area contributed by atoms with Gasteiger partial charge in [0.2, 0.25) is 0 Å². The molecule has 3 heteroatoms. The summed E-state index contributed by atoms with van der Waals surface area (Å²) in [7, 11) is 0. The second kappa shape index (κ2) is 13.2. The molecular formula is C64H44N2O. The average molecular weight is 857 g/mol. The van der Waals surface area contributed by atoms with Crippen LogP contribution in [0.1, 0.15) is 60.1 Å². The maximum atomic E-state index is 6.87. The largest absolute Gasteiger partial charge is 0.454 e. The Hall–Kier alpha value is -8.14. The van der Waals surface area contributed by atoms with E-state index in [1.165, 1.54) is 94.2 Å². The molecule has 1 N–H and O–H groups in total. The van der Waals surface area contributed by atoms with Crippen LogP contribution < -0.4 is 4.90 Å². The number of hydrogen-bond donors (Lipinski definition) is 1. The standard InChI is InChI=1S/C64H44N2O/c1-63(2)50-21-8-3-17-43(50)47-36-49-48-35-39(31-34-56(48)65-57(49)37-55(47)63)38-29-32-40(33-30-38)66(59-27-13-20-45-44-18-7-12-28-60(44)67-62(45)59)58-26-14-25-54-61(58)46-19-6-11-24-53(46)64(54)51-22-9-4-15-41(51)42-16-5-10-23-52(42)64/h3-5,7-18,20-37,65H,6,19H2,1-2H3. The van der Waals surface area contributed by atoms with Gasteiger partial charge in [-0.25, -0.2) is 0 Å². The maximum Gasteiger partial charge on any atom is 0.159 e. The van der Waals surface area contributed by atoms with Crippen LogP contribution >= 0.6 is 0 Å². The zero-order valence-corrected chi connectivity index (χ0v) is 37.3. The summed E-state index contributed by atoms with van der Waals surface area (Å²) in [6.45, 7) is 4.70. The van der Waals surface area contributed by atoms with Gasteiger partial charge in [0.25, 0.3) is 0 Å². The molecule has 0 fully saturated rings. The van der Waals surface area contributed by atoms with Gasteiger partial charge in [-0.05, 0) is 140 Å². The molecule has 0 unspecified atom stereocenters. The third kappa shape index (κ3) is 4.80. The fourth-order valence-corrected chi connectivity index (χ4v) is 13.0. The Balaban J connectivity index is 0.925. The van der Waals surface area contributed by atoms with Crippen LogP contribution in [0.15, 0.2) is 210 Å². The lowest BCUT2D eigenvalue weighted by Gasteiger charge is -2.33.